The van der Waals surface area contributed by atoms with Crippen LogP contribution in [0.4, 0.5) is 0 Å². The summed E-state index contributed by atoms with van der Waals surface area (Å²) in [5, 5.41) is 1.00. The summed E-state index contributed by atoms with van der Waals surface area (Å²) in [4.78, 5) is 19.9. The number of allylic oxidation sites excluding steroid dienone is 1. The van der Waals surface area contributed by atoms with Crippen molar-refractivity contribution in [2.24, 2.45) is 0 Å². The van der Waals surface area contributed by atoms with Gasteiger partial charge in [-0.05, 0) is 38.1 Å². The van der Waals surface area contributed by atoms with E-state index in [4.69, 9.17) is 4.74 Å². The molecule has 0 spiro atoms. The molecule has 1 amide bonds. The Morgan fingerprint density at radius 2 is 2.04 bits per heavy atom. The summed E-state index contributed by atoms with van der Waals surface area (Å²) in [5.41, 5.74) is 0.915. The molecule has 2 aromatic rings. The zero-order valence-corrected chi connectivity index (χ0v) is 15.3. The van der Waals surface area contributed by atoms with Crippen LogP contribution >= 0.6 is 0 Å². The fourth-order valence-electron chi connectivity index (χ4n) is 2.63. The van der Waals surface area contributed by atoms with Crippen molar-refractivity contribution in [1.29, 1.82) is 0 Å². The number of hydrogen-bond acceptors (Lipinski definition) is 4. The quantitative estimate of drug-likeness (QED) is 0.658. The van der Waals surface area contributed by atoms with Crippen molar-refractivity contribution in [3.8, 4) is 5.75 Å². The van der Waals surface area contributed by atoms with E-state index < -0.39 is 0 Å². The zero-order chi connectivity index (χ0) is 18.2. The van der Waals surface area contributed by atoms with E-state index in [-0.39, 0.29) is 12.0 Å². The second-order valence-corrected chi connectivity index (χ2v) is 6.42. The van der Waals surface area contributed by atoms with Crippen LogP contribution in [0.25, 0.3) is 10.9 Å². The van der Waals surface area contributed by atoms with Gasteiger partial charge in [0.1, 0.15) is 11.9 Å². The van der Waals surface area contributed by atoms with E-state index in [1.165, 1.54) is 0 Å². The number of nitrogens with zero attached hydrogens (tertiary/aromatic N) is 3. The Morgan fingerprint density at radius 1 is 1.28 bits per heavy atom. The van der Waals surface area contributed by atoms with Crippen molar-refractivity contribution < 1.29 is 9.53 Å². The minimum Gasteiger partial charge on any atom is -0.488 e. The Hall–Kier alpha value is -2.40. The van der Waals surface area contributed by atoms with Gasteiger partial charge in [0.15, 0.2) is 0 Å². The van der Waals surface area contributed by atoms with E-state index >= 15 is 0 Å². The third-order valence-electron chi connectivity index (χ3n) is 4.01. The minimum atomic E-state index is -0.0243. The molecular weight excluding hydrogens is 314 g/mol. The van der Waals surface area contributed by atoms with Crippen LogP contribution in [0.15, 0.2) is 49.2 Å². The number of para-hydroxylation sites is 1. The van der Waals surface area contributed by atoms with Gasteiger partial charge in [0.25, 0.3) is 0 Å². The average Bonchev–Trinajstić information content (AvgIpc) is 2.59. The number of pyridine rings is 1. The number of aromatic nitrogens is 1. The van der Waals surface area contributed by atoms with E-state index in [2.05, 4.69) is 11.6 Å². The Balaban J connectivity index is 2.11. The normalized spacial score (nSPS) is 12.2. The number of likely N-dealkylation sites (N-methyl/N-ethyl adjacent to an activating group) is 2. The monoisotopic (exact) mass is 341 g/mol. The first-order valence-electron chi connectivity index (χ1n) is 8.51. The van der Waals surface area contributed by atoms with Gasteiger partial charge in [0, 0.05) is 32.2 Å². The standard InChI is InChI=1S/C20H27N3O2/c1-5-6-9-16(14-23(4)15-20(24)22(2)3)25-19-12-13-21-18-11-8-7-10-17(18)19/h5,7-8,10-13,16H,1,6,9,14-15H2,2-4H3. The second kappa shape index (κ2) is 9.18. The van der Waals surface area contributed by atoms with Gasteiger partial charge in [-0.3, -0.25) is 14.7 Å². The van der Waals surface area contributed by atoms with E-state index in [1.54, 1.807) is 25.2 Å². The van der Waals surface area contributed by atoms with Gasteiger partial charge in [-0.15, -0.1) is 6.58 Å². The van der Waals surface area contributed by atoms with Crippen LogP contribution in [-0.4, -0.2) is 61.0 Å². The highest BCUT2D eigenvalue weighted by atomic mass is 16.5. The third-order valence-corrected chi connectivity index (χ3v) is 4.01. The van der Waals surface area contributed by atoms with Crippen LogP contribution < -0.4 is 4.74 Å². The number of amides is 1. The van der Waals surface area contributed by atoms with Crippen molar-refractivity contribution in [2.45, 2.75) is 18.9 Å². The maximum Gasteiger partial charge on any atom is 0.236 e. The lowest BCUT2D eigenvalue weighted by molar-refractivity contribution is -0.129. The van der Waals surface area contributed by atoms with Gasteiger partial charge in [-0.2, -0.15) is 0 Å². The third kappa shape index (κ3) is 5.57. The molecule has 0 N–H and O–H groups in total. The number of ether oxygens (including phenoxy) is 1. The maximum absolute atomic E-state index is 11.9. The molecule has 0 saturated carbocycles. The van der Waals surface area contributed by atoms with E-state index in [0.29, 0.717) is 13.1 Å². The molecule has 0 aliphatic rings. The number of rotatable bonds is 9. The molecule has 1 unspecified atom stereocenters. The van der Waals surface area contributed by atoms with E-state index in [1.807, 2.05) is 48.4 Å². The summed E-state index contributed by atoms with van der Waals surface area (Å²) < 4.78 is 6.29. The number of benzene rings is 1. The van der Waals surface area contributed by atoms with Crippen LogP contribution in [0, 0.1) is 0 Å². The molecule has 0 radical (unpaired) electrons. The molecule has 1 heterocycles. The lowest BCUT2D eigenvalue weighted by Gasteiger charge is -2.26. The zero-order valence-electron chi connectivity index (χ0n) is 15.3. The van der Waals surface area contributed by atoms with Crippen LogP contribution in [0.3, 0.4) is 0 Å². The molecule has 2 rings (SSSR count). The lowest BCUT2D eigenvalue weighted by Crippen LogP contribution is -2.39. The van der Waals surface area contributed by atoms with Gasteiger partial charge >= 0.3 is 0 Å². The first-order valence-corrected chi connectivity index (χ1v) is 8.51. The highest BCUT2D eigenvalue weighted by molar-refractivity contribution is 5.84. The predicted molar refractivity (Wildman–Crippen MR) is 102 cm³/mol. The number of fused-ring (bicyclic) bond motifs is 1. The SMILES string of the molecule is C=CCCC(CN(C)CC(=O)N(C)C)Oc1ccnc2ccccc12. The molecule has 5 nitrogen and oxygen atoms in total. The molecule has 0 saturated heterocycles. The number of hydrogen-bond donors (Lipinski definition) is 0. The van der Waals surface area contributed by atoms with Gasteiger partial charge in [0.2, 0.25) is 5.91 Å². The van der Waals surface area contributed by atoms with Crippen molar-refractivity contribution in [1.82, 2.24) is 14.8 Å². The summed E-state index contributed by atoms with van der Waals surface area (Å²) >= 11 is 0. The molecule has 134 valence electrons. The number of carbonyl (C=O) groups is 1. The van der Waals surface area contributed by atoms with Crippen LogP contribution in [0.2, 0.25) is 0 Å². The molecule has 1 aromatic carbocycles. The topological polar surface area (TPSA) is 45.7 Å². The molecular formula is C20H27N3O2. The maximum atomic E-state index is 11.9. The van der Waals surface area contributed by atoms with Crippen LogP contribution in [0.5, 0.6) is 5.75 Å². The van der Waals surface area contributed by atoms with Gasteiger partial charge in [-0.25, -0.2) is 0 Å². The Morgan fingerprint density at radius 3 is 2.76 bits per heavy atom. The first-order chi connectivity index (χ1) is 12.0. The van der Waals surface area contributed by atoms with Crippen molar-refractivity contribution in [3.63, 3.8) is 0 Å². The molecule has 25 heavy (non-hydrogen) atoms. The highest BCUT2D eigenvalue weighted by Crippen LogP contribution is 2.25. The van der Waals surface area contributed by atoms with E-state index in [9.17, 15) is 4.79 Å². The van der Waals surface area contributed by atoms with Gasteiger partial charge < -0.3 is 9.64 Å². The average molecular weight is 341 g/mol. The molecule has 5 heteroatoms. The van der Waals surface area contributed by atoms with Gasteiger partial charge in [-0.1, -0.05) is 18.2 Å². The molecule has 0 aliphatic heterocycles. The first kappa shape index (κ1) is 18.9. The van der Waals surface area contributed by atoms with Crippen molar-refractivity contribution >= 4 is 16.8 Å². The second-order valence-electron chi connectivity index (χ2n) is 6.42. The van der Waals surface area contributed by atoms with Crippen LogP contribution in [0.1, 0.15) is 12.8 Å². The smallest absolute Gasteiger partial charge is 0.236 e. The molecule has 1 aromatic heterocycles. The molecule has 0 aliphatic carbocycles. The predicted octanol–water partition coefficient (Wildman–Crippen LogP) is 2.97. The van der Waals surface area contributed by atoms with Gasteiger partial charge in [0.05, 0.1) is 12.1 Å². The number of carbonyl (C=O) groups excluding carboxylic acids is 1. The minimum absolute atomic E-state index is 0.0243. The fraction of sp³-hybridized carbons (Fsp3) is 0.400. The van der Waals surface area contributed by atoms with Crippen molar-refractivity contribution in [2.75, 3.05) is 34.2 Å². The largest absolute Gasteiger partial charge is 0.488 e. The summed E-state index contributed by atoms with van der Waals surface area (Å²) in [5.74, 6) is 0.909. The summed E-state index contributed by atoms with van der Waals surface area (Å²) in [6.45, 7) is 4.84. The van der Waals surface area contributed by atoms with Crippen LogP contribution in [-0.2, 0) is 4.79 Å². The lowest BCUT2D eigenvalue weighted by atomic mass is 10.1. The van der Waals surface area contributed by atoms with Crippen molar-refractivity contribution in [3.05, 3.63) is 49.2 Å². The highest BCUT2D eigenvalue weighted by Gasteiger charge is 2.17. The Labute approximate surface area is 149 Å². The summed E-state index contributed by atoms with van der Waals surface area (Å²) in [7, 11) is 5.48. The van der Waals surface area contributed by atoms with E-state index in [0.717, 1.165) is 29.5 Å². The molecule has 1 atom stereocenters. The Bertz CT molecular complexity index is 710. The fourth-order valence-corrected chi connectivity index (χ4v) is 2.63. The summed E-state index contributed by atoms with van der Waals surface area (Å²) in [6, 6.07) is 9.84. The summed E-state index contributed by atoms with van der Waals surface area (Å²) in [6.07, 6.45) is 5.35. The molecule has 0 fully saturated rings. The molecule has 0 bridgehead atoms. The Kier molecular flexibility index (Phi) is 6.95.